The monoisotopic (exact) mass is 373 g/mol. The fourth-order valence-electron chi connectivity index (χ4n) is 3.63. The molecule has 24 heavy (non-hydrogen) atoms. The third-order valence-electron chi connectivity index (χ3n) is 4.88. The van der Waals surface area contributed by atoms with Gasteiger partial charge in [-0.3, -0.25) is 14.9 Å². The van der Waals surface area contributed by atoms with Crippen LogP contribution < -0.4 is 5.32 Å². The number of carbonyl (C=O) groups is 1. The lowest BCUT2D eigenvalue weighted by molar-refractivity contribution is -0.385. The highest BCUT2D eigenvalue weighted by atomic mass is 35.5. The van der Waals surface area contributed by atoms with Crippen molar-refractivity contribution in [1.82, 2.24) is 10.2 Å². The highest BCUT2D eigenvalue weighted by Crippen LogP contribution is 2.29. The summed E-state index contributed by atoms with van der Waals surface area (Å²) in [7, 11) is 0. The third kappa shape index (κ3) is 3.99. The Labute approximate surface area is 152 Å². The molecule has 1 N–H and O–H groups in total. The van der Waals surface area contributed by atoms with Gasteiger partial charge in [0, 0.05) is 30.2 Å². The number of hydrogen-bond acceptors (Lipinski definition) is 4. The van der Waals surface area contributed by atoms with E-state index in [0.717, 1.165) is 19.4 Å². The van der Waals surface area contributed by atoms with Gasteiger partial charge in [0.2, 0.25) is 0 Å². The van der Waals surface area contributed by atoms with E-state index in [9.17, 15) is 14.9 Å². The van der Waals surface area contributed by atoms with Gasteiger partial charge in [-0.05, 0) is 50.3 Å². The molecule has 1 atom stereocenters. The SMILES string of the molecule is Cl.O=C(c1cc(Cl)ccc1[N+](=O)[O-])N1CCC(C2CCCN2)CC1. The van der Waals surface area contributed by atoms with Crippen molar-refractivity contribution >= 4 is 35.6 Å². The molecular weight excluding hydrogens is 353 g/mol. The molecule has 2 aliphatic heterocycles. The molecule has 1 aromatic carbocycles. The van der Waals surface area contributed by atoms with Crippen molar-refractivity contribution in [3.05, 3.63) is 38.9 Å². The predicted octanol–water partition coefficient (Wildman–Crippen LogP) is 3.27. The Morgan fingerprint density at radius 2 is 2.00 bits per heavy atom. The van der Waals surface area contributed by atoms with Crippen molar-refractivity contribution in [2.45, 2.75) is 31.7 Å². The molecule has 1 unspecified atom stereocenters. The minimum atomic E-state index is -0.529. The zero-order valence-corrected chi connectivity index (χ0v) is 14.8. The minimum Gasteiger partial charge on any atom is -0.338 e. The molecule has 2 heterocycles. The molecule has 0 aliphatic carbocycles. The fourth-order valence-corrected chi connectivity index (χ4v) is 3.80. The van der Waals surface area contributed by atoms with Crippen LogP contribution in [0.2, 0.25) is 5.02 Å². The molecule has 2 fully saturated rings. The van der Waals surface area contributed by atoms with E-state index in [0.29, 0.717) is 30.1 Å². The van der Waals surface area contributed by atoms with Gasteiger partial charge in [-0.15, -0.1) is 12.4 Å². The number of nitro groups is 1. The Bertz CT molecular complexity index is 613. The van der Waals surface area contributed by atoms with Crippen LogP contribution in [0.4, 0.5) is 5.69 Å². The number of halogens is 2. The zero-order valence-electron chi connectivity index (χ0n) is 13.2. The van der Waals surface area contributed by atoms with Crippen molar-refractivity contribution in [1.29, 1.82) is 0 Å². The first-order valence-electron chi connectivity index (χ1n) is 8.03. The number of piperidine rings is 1. The molecule has 132 valence electrons. The average molecular weight is 374 g/mol. The van der Waals surface area contributed by atoms with E-state index in [1.54, 1.807) is 4.90 Å². The first-order valence-corrected chi connectivity index (χ1v) is 8.40. The summed E-state index contributed by atoms with van der Waals surface area (Å²) in [6.45, 7) is 2.37. The number of nitrogens with one attached hydrogen (secondary N) is 1. The number of hydrogen-bond donors (Lipinski definition) is 1. The second-order valence-corrected chi connectivity index (χ2v) is 6.69. The second-order valence-electron chi connectivity index (χ2n) is 6.25. The van der Waals surface area contributed by atoms with Gasteiger partial charge >= 0.3 is 0 Å². The summed E-state index contributed by atoms with van der Waals surface area (Å²) in [6.07, 6.45) is 4.31. The van der Waals surface area contributed by atoms with Crippen LogP contribution in [0.15, 0.2) is 18.2 Å². The molecule has 3 rings (SSSR count). The summed E-state index contributed by atoms with van der Waals surface area (Å²) in [5.41, 5.74) is -0.0982. The highest BCUT2D eigenvalue weighted by molar-refractivity contribution is 6.31. The number of nitrogens with zero attached hydrogens (tertiary/aromatic N) is 2. The number of likely N-dealkylation sites (tertiary alicyclic amines) is 1. The molecule has 0 saturated carbocycles. The predicted molar refractivity (Wildman–Crippen MR) is 95.0 cm³/mol. The summed E-state index contributed by atoms with van der Waals surface area (Å²) in [4.78, 5) is 25.0. The zero-order chi connectivity index (χ0) is 16.4. The van der Waals surface area contributed by atoms with Gasteiger partial charge in [-0.1, -0.05) is 11.6 Å². The maximum Gasteiger partial charge on any atom is 0.282 e. The van der Waals surface area contributed by atoms with Crippen molar-refractivity contribution in [2.75, 3.05) is 19.6 Å². The van der Waals surface area contributed by atoms with Crippen molar-refractivity contribution in [3.63, 3.8) is 0 Å². The molecule has 6 nitrogen and oxygen atoms in total. The van der Waals surface area contributed by atoms with Crippen molar-refractivity contribution < 1.29 is 9.72 Å². The summed E-state index contributed by atoms with van der Waals surface area (Å²) in [6, 6.07) is 4.69. The maximum absolute atomic E-state index is 12.7. The minimum absolute atomic E-state index is 0. The van der Waals surface area contributed by atoms with Crippen LogP contribution in [0.3, 0.4) is 0 Å². The molecule has 0 aromatic heterocycles. The highest BCUT2D eigenvalue weighted by Gasteiger charge is 2.32. The quantitative estimate of drug-likeness (QED) is 0.651. The summed E-state index contributed by atoms with van der Waals surface area (Å²) in [5, 5.41) is 15.0. The van der Waals surface area contributed by atoms with Gasteiger partial charge in [-0.2, -0.15) is 0 Å². The number of carbonyl (C=O) groups excluding carboxylic acids is 1. The first-order chi connectivity index (χ1) is 11.1. The molecule has 0 spiro atoms. The van der Waals surface area contributed by atoms with Gasteiger partial charge in [0.25, 0.3) is 11.6 Å². The van der Waals surface area contributed by atoms with Crippen LogP contribution in [0.5, 0.6) is 0 Å². The number of amides is 1. The number of nitro benzene ring substituents is 1. The Kier molecular flexibility index (Phi) is 6.43. The van der Waals surface area contributed by atoms with Crippen LogP contribution in [-0.2, 0) is 0 Å². The first kappa shape index (κ1) is 19.0. The lowest BCUT2D eigenvalue weighted by Gasteiger charge is -2.34. The number of benzene rings is 1. The van der Waals surface area contributed by atoms with Crippen LogP contribution in [0.1, 0.15) is 36.0 Å². The van der Waals surface area contributed by atoms with E-state index in [1.807, 2.05) is 0 Å². The van der Waals surface area contributed by atoms with Crippen LogP contribution in [0.25, 0.3) is 0 Å². The van der Waals surface area contributed by atoms with Crippen LogP contribution in [-0.4, -0.2) is 41.4 Å². The van der Waals surface area contributed by atoms with Crippen molar-refractivity contribution in [3.8, 4) is 0 Å². The van der Waals surface area contributed by atoms with E-state index in [1.165, 1.54) is 31.0 Å². The average Bonchev–Trinajstić information content (AvgIpc) is 3.08. The van der Waals surface area contributed by atoms with E-state index in [-0.39, 0.29) is 29.6 Å². The molecule has 0 bridgehead atoms. The molecule has 8 heteroatoms. The molecule has 0 radical (unpaired) electrons. The largest absolute Gasteiger partial charge is 0.338 e. The molecule has 1 amide bonds. The summed E-state index contributed by atoms with van der Waals surface area (Å²) >= 11 is 5.91. The Balaban J connectivity index is 0.00000208. The normalized spacial score (nSPS) is 21.4. The van der Waals surface area contributed by atoms with Gasteiger partial charge in [0.15, 0.2) is 0 Å². The Morgan fingerprint density at radius 3 is 2.58 bits per heavy atom. The molecule has 2 aliphatic rings. The van der Waals surface area contributed by atoms with Gasteiger partial charge < -0.3 is 10.2 Å². The topological polar surface area (TPSA) is 75.5 Å². The lowest BCUT2D eigenvalue weighted by Crippen LogP contribution is -2.43. The van der Waals surface area contributed by atoms with Gasteiger partial charge in [0.05, 0.1) is 4.92 Å². The van der Waals surface area contributed by atoms with E-state index in [4.69, 9.17) is 11.6 Å². The Hall–Kier alpha value is -1.37. The maximum atomic E-state index is 12.7. The fraction of sp³-hybridized carbons (Fsp3) is 0.562. The Morgan fingerprint density at radius 1 is 1.29 bits per heavy atom. The second kappa shape index (κ2) is 8.14. The standard InChI is InChI=1S/C16H20ClN3O3.ClH/c17-12-3-4-15(20(22)23)13(10-12)16(21)19-8-5-11(6-9-19)14-2-1-7-18-14;/h3-4,10-11,14,18H,1-2,5-9H2;1H. The third-order valence-corrected chi connectivity index (χ3v) is 5.12. The number of rotatable bonds is 3. The van der Waals surface area contributed by atoms with Gasteiger partial charge in [-0.25, -0.2) is 0 Å². The van der Waals surface area contributed by atoms with Crippen LogP contribution in [0, 0.1) is 16.0 Å². The van der Waals surface area contributed by atoms with Crippen molar-refractivity contribution in [2.24, 2.45) is 5.92 Å². The lowest BCUT2D eigenvalue weighted by atomic mass is 9.88. The van der Waals surface area contributed by atoms with E-state index >= 15 is 0 Å². The van der Waals surface area contributed by atoms with E-state index in [2.05, 4.69) is 5.32 Å². The molecule has 1 aromatic rings. The summed E-state index contributed by atoms with van der Waals surface area (Å²) < 4.78 is 0. The molecular formula is C16H21Cl2N3O3. The smallest absolute Gasteiger partial charge is 0.282 e. The molecule has 2 saturated heterocycles. The van der Waals surface area contributed by atoms with E-state index < -0.39 is 4.92 Å². The van der Waals surface area contributed by atoms with Gasteiger partial charge in [0.1, 0.15) is 5.56 Å². The summed E-state index contributed by atoms with van der Waals surface area (Å²) in [5.74, 6) is 0.299. The van der Waals surface area contributed by atoms with Crippen LogP contribution >= 0.6 is 24.0 Å².